The summed E-state index contributed by atoms with van der Waals surface area (Å²) in [5, 5.41) is 2.36. The molecule has 0 bridgehead atoms. The molecule has 6 rings (SSSR count). The van der Waals surface area contributed by atoms with E-state index in [1.165, 1.54) is 33.0 Å². The molecule has 0 heterocycles. The molecular formula is C41H36O7. The fraction of sp³-hybridized carbons (Fsp3) is 0.171. The Morgan fingerprint density at radius 1 is 0.542 bits per heavy atom. The number of hydrogen-bond donors (Lipinski definition) is 0. The molecule has 0 N–H and O–H groups in total. The lowest BCUT2D eigenvalue weighted by Gasteiger charge is -2.34. The van der Waals surface area contributed by atoms with Gasteiger partial charge >= 0.3 is 11.9 Å². The van der Waals surface area contributed by atoms with Crippen molar-refractivity contribution in [3.8, 4) is 22.6 Å². The molecule has 0 amide bonds. The minimum Gasteiger partial charge on any atom is -0.491 e. The van der Waals surface area contributed by atoms with Crippen LogP contribution in [0.15, 0.2) is 135 Å². The number of carbonyl (C=O) groups is 2. The van der Waals surface area contributed by atoms with Crippen LogP contribution in [0.3, 0.4) is 0 Å². The Balaban J connectivity index is 1.31. The lowest BCUT2D eigenvalue weighted by molar-refractivity contribution is -0.139. The van der Waals surface area contributed by atoms with Gasteiger partial charge in [0.2, 0.25) is 0 Å². The Kier molecular flexibility index (Phi) is 9.98. The van der Waals surface area contributed by atoms with Crippen molar-refractivity contribution in [3.05, 3.63) is 157 Å². The summed E-state index contributed by atoms with van der Waals surface area (Å²) in [6.45, 7) is 8.32. The quantitative estimate of drug-likeness (QED) is 0.0656. The van der Waals surface area contributed by atoms with E-state index in [1.54, 1.807) is 0 Å². The van der Waals surface area contributed by atoms with Gasteiger partial charge in [-0.2, -0.15) is 0 Å². The van der Waals surface area contributed by atoms with Crippen molar-refractivity contribution in [3.63, 3.8) is 0 Å². The maximum atomic E-state index is 11.4. The predicted octanol–water partition coefficient (Wildman–Crippen LogP) is 7.44. The van der Waals surface area contributed by atoms with Gasteiger partial charge in [0, 0.05) is 12.2 Å². The van der Waals surface area contributed by atoms with Gasteiger partial charge in [-0.25, -0.2) is 9.59 Å². The van der Waals surface area contributed by atoms with Crippen LogP contribution in [0.4, 0.5) is 0 Å². The molecule has 0 aromatic heterocycles. The van der Waals surface area contributed by atoms with E-state index in [-0.39, 0.29) is 26.4 Å². The minimum atomic E-state index is -0.613. The van der Waals surface area contributed by atoms with Crippen LogP contribution in [0.5, 0.6) is 11.5 Å². The van der Waals surface area contributed by atoms with Crippen molar-refractivity contribution in [1.29, 1.82) is 0 Å². The SMILES string of the molecule is C=CC(=O)OCCOCCOc1ccc(C2(c3ccc(OCCOC(=O)C=C)cc3)c3ccccc3-c3cc4ccccc4cc32)cc1. The minimum absolute atomic E-state index is 0.135. The molecule has 1 aliphatic rings. The van der Waals surface area contributed by atoms with E-state index in [0.29, 0.717) is 19.0 Å². The number of hydrogen-bond acceptors (Lipinski definition) is 7. The summed E-state index contributed by atoms with van der Waals surface area (Å²) in [4.78, 5) is 22.6. The summed E-state index contributed by atoms with van der Waals surface area (Å²) in [6.07, 6.45) is 2.26. The predicted molar refractivity (Wildman–Crippen MR) is 185 cm³/mol. The highest BCUT2D eigenvalue weighted by Crippen LogP contribution is 2.57. The Labute approximate surface area is 280 Å². The van der Waals surface area contributed by atoms with Gasteiger partial charge in [-0.15, -0.1) is 0 Å². The molecule has 0 saturated carbocycles. The maximum absolute atomic E-state index is 11.4. The topological polar surface area (TPSA) is 80.3 Å². The monoisotopic (exact) mass is 640 g/mol. The summed E-state index contributed by atoms with van der Waals surface area (Å²) >= 11 is 0. The van der Waals surface area contributed by atoms with E-state index in [0.717, 1.165) is 29.0 Å². The summed E-state index contributed by atoms with van der Waals surface area (Å²) in [6, 6.07) is 38.0. The highest BCUT2D eigenvalue weighted by molar-refractivity contribution is 5.95. The lowest BCUT2D eigenvalue weighted by Crippen LogP contribution is -2.28. The van der Waals surface area contributed by atoms with Crippen molar-refractivity contribution in [2.45, 2.75) is 5.41 Å². The Morgan fingerprint density at radius 3 is 1.65 bits per heavy atom. The average Bonchev–Trinajstić information content (AvgIpc) is 3.42. The second-order valence-electron chi connectivity index (χ2n) is 11.1. The fourth-order valence-corrected chi connectivity index (χ4v) is 6.30. The van der Waals surface area contributed by atoms with Gasteiger partial charge in [0.15, 0.2) is 0 Å². The molecule has 0 spiro atoms. The number of ether oxygens (including phenoxy) is 5. The van der Waals surface area contributed by atoms with E-state index < -0.39 is 17.4 Å². The summed E-state index contributed by atoms with van der Waals surface area (Å²) in [5.74, 6) is 0.455. The molecule has 1 atom stereocenters. The molecule has 7 nitrogen and oxygen atoms in total. The van der Waals surface area contributed by atoms with Crippen LogP contribution in [0.1, 0.15) is 22.3 Å². The van der Waals surface area contributed by atoms with Crippen LogP contribution in [0.2, 0.25) is 0 Å². The largest absolute Gasteiger partial charge is 0.491 e. The molecule has 5 aromatic carbocycles. The van der Waals surface area contributed by atoms with Crippen molar-refractivity contribution in [2.75, 3.05) is 39.6 Å². The van der Waals surface area contributed by atoms with E-state index in [4.69, 9.17) is 23.7 Å². The molecule has 0 aliphatic heterocycles. The zero-order valence-electron chi connectivity index (χ0n) is 26.6. The number of carbonyl (C=O) groups excluding carboxylic acids is 2. The molecule has 5 aromatic rings. The molecule has 7 heteroatoms. The van der Waals surface area contributed by atoms with Gasteiger partial charge in [0.1, 0.15) is 37.9 Å². The average molecular weight is 641 g/mol. The molecule has 242 valence electrons. The second kappa shape index (κ2) is 14.8. The van der Waals surface area contributed by atoms with Crippen LogP contribution in [0.25, 0.3) is 21.9 Å². The molecule has 1 unspecified atom stereocenters. The van der Waals surface area contributed by atoms with Crippen molar-refractivity contribution >= 4 is 22.7 Å². The number of benzene rings is 5. The first-order chi connectivity index (χ1) is 23.5. The summed E-state index contributed by atoms with van der Waals surface area (Å²) in [7, 11) is 0. The number of fused-ring (bicyclic) bond motifs is 4. The van der Waals surface area contributed by atoms with Gasteiger partial charge < -0.3 is 23.7 Å². The van der Waals surface area contributed by atoms with Gasteiger partial charge in [-0.1, -0.05) is 86.0 Å². The van der Waals surface area contributed by atoms with E-state index >= 15 is 0 Å². The summed E-state index contributed by atoms with van der Waals surface area (Å²) < 4.78 is 27.4. The van der Waals surface area contributed by atoms with E-state index in [1.807, 2.05) is 24.3 Å². The maximum Gasteiger partial charge on any atom is 0.330 e. The molecule has 0 saturated heterocycles. The van der Waals surface area contributed by atoms with Crippen LogP contribution in [0, 0.1) is 0 Å². The molecular weight excluding hydrogens is 604 g/mol. The molecule has 0 radical (unpaired) electrons. The molecule has 48 heavy (non-hydrogen) atoms. The normalized spacial score (nSPS) is 14.4. The first-order valence-corrected chi connectivity index (χ1v) is 15.8. The Morgan fingerprint density at radius 2 is 1.04 bits per heavy atom. The van der Waals surface area contributed by atoms with Crippen LogP contribution >= 0.6 is 0 Å². The number of rotatable bonds is 15. The third-order valence-electron chi connectivity index (χ3n) is 8.38. The van der Waals surface area contributed by atoms with Crippen LogP contribution in [-0.2, 0) is 29.2 Å². The first kappa shape index (κ1) is 32.3. The second-order valence-corrected chi connectivity index (χ2v) is 11.1. The van der Waals surface area contributed by atoms with Crippen LogP contribution in [-0.4, -0.2) is 51.6 Å². The smallest absolute Gasteiger partial charge is 0.330 e. The van der Waals surface area contributed by atoms with E-state index in [2.05, 4.69) is 98.1 Å². The zero-order valence-corrected chi connectivity index (χ0v) is 26.6. The lowest BCUT2D eigenvalue weighted by atomic mass is 9.67. The van der Waals surface area contributed by atoms with Crippen molar-refractivity contribution < 1.29 is 33.3 Å². The molecule has 0 fully saturated rings. The van der Waals surface area contributed by atoms with Crippen molar-refractivity contribution in [2.24, 2.45) is 0 Å². The number of esters is 2. The highest BCUT2D eigenvalue weighted by atomic mass is 16.6. The summed E-state index contributed by atoms with van der Waals surface area (Å²) in [5.41, 5.74) is 6.36. The third kappa shape index (κ3) is 6.59. The zero-order chi connectivity index (χ0) is 33.3. The Hall–Kier alpha value is -5.66. The third-order valence-corrected chi connectivity index (χ3v) is 8.38. The van der Waals surface area contributed by atoms with Gasteiger partial charge in [-0.3, -0.25) is 0 Å². The Bertz CT molecular complexity index is 1930. The van der Waals surface area contributed by atoms with Gasteiger partial charge in [-0.05, 0) is 80.6 Å². The highest BCUT2D eigenvalue weighted by Gasteiger charge is 2.46. The standard InChI is InChI=1S/C41H36O7/c1-3-39(42)47-24-22-44-21-23-45-33-17-13-31(14-18-33)41(32-15-19-34(20-16-32)46-25-26-48-40(43)4-2)37-12-8-7-11-35(37)36-27-29-9-5-6-10-30(29)28-38(36)41/h3-20,27-28H,1-2,21-26H2. The van der Waals surface area contributed by atoms with Gasteiger partial charge in [0.25, 0.3) is 0 Å². The molecule has 1 aliphatic carbocycles. The van der Waals surface area contributed by atoms with Crippen LogP contribution < -0.4 is 9.47 Å². The van der Waals surface area contributed by atoms with Gasteiger partial charge in [0.05, 0.1) is 18.6 Å². The first-order valence-electron chi connectivity index (χ1n) is 15.8. The van der Waals surface area contributed by atoms with E-state index in [9.17, 15) is 9.59 Å². The fourth-order valence-electron chi connectivity index (χ4n) is 6.30. The van der Waals surface area contributed by atoms with Crippen molar-refractivity contribution in [1.82, 2.24) is 0 Å².